The van der Waals surface area contributed by atoms with E-state index in [0.29, 0.717) is 0 Å². The topological polar surface area (TPSA) is 112 Å². The van der Waals surface area contributed by atoms with Crippen LogP contribution in [0.3, 0.4) is 0 Å². The van der Waals surface area contributed by atoms with Crippen LogP contribution < -0.4 is 15.0 Å². The Kier molecular flexibility index (Phi) is 6.77. The van der Waals surface area contributed by atoms with E-state index in [1.54, 1.807) is 37.5 Å². The van der Waals surface area contributed by atoms with Crippen molar-refractivity contribution >= 4 is 5.91 Å². The number of likely N-dealkylation sites (tertiary alicyclic amines) is 1. The molecular weight excluding hydrogens is 512 g/mol. The van der Waals surface area contributed by atoms with Crippen molar-refractivity contribution in [1.29, 1.82) is 0 Å². The van der Waals surface area contributed by atoms with Gasteiger partial charge in [-0.3, -0.25) is 18.8 Å². The average molecular weight is 538 g/mol. The van der Waals surface area contributed by atoms with Crippen LogP contribution in [0, 0.1) is 11.6 Å². The summed E-state index contributed by atoms with van der Waals surface area (Å²) >= 11 is 0. The summed E-state index contributed by atoms with van der Waals surface area (Å²) in [5, 5.41) is 15.8. The number of methoxy groups -OCH3 is 2. The molecule has 0 saturated carbocycles. The third-order valence-corrected chi connectivity index (χ3v) is 6.73. The molecule has 1 aliphatic heterocycles. The van der Waals surface area contributed by atoms with Crippen molar-refractivity contribution in [3.05, 3.63) is 81.8 Å². The highest BCUT2D eigenvalue weighted by Crippen LogP contribution is 2.39. The second-order valence-corrected chi connectivity index (χ2v) is 9.03. The van der Waals surface area contributed by atoms with Gasteiger partial charge in [0.1, 0.15) is 34.5 Å². The maximum Gasteiger partial charge on any atom is 0.290 e. The van der Waals surface area contributed by atoms with Gasteiger partial charge in [-0.05, 0) is 36.8 Å². The molecule has 12 heteroatoms. The lowest BCUT2D eigenvalue weighted by Gasteiger charge is -2.22. The molecule has 1 unspecified atom stereocenters. The Labute approximate surface area is 221 Å². The van der Waals surface area contributed by atoms with E-state index in [1.165, 1.54) is 34.4 Å². The molecular formula is C27H25F2N5O5. The van der Waals surface area contributed by atoms with Crippen molar-refractivity contribution in [2.45, 2.75) is 12.3 Å². The third-order valence-electron chi connectivity index (χ3n) is 6.73. The number of carbonyl (C=O) groups is 1. The van der Waals surface area contributed by atoms with Gasteiger partial charge in [0.15, 0.2) is 11.4 Å². The van der Waals surface area contributed by atoms with Crippen LogP contribution in [-0.4, -0.2) is 62.6 Å². The van der Waals surface area contributed by atoms with Crippen LogP contribution in [0.15, 0.2) is 53.5 Å². The highest BCUT2D eigenvalue weighted by molar-refractivity contribution is 5.96. The van der Waals surface area contributed by atoms with Gasteiger partial charge in [-0.25, -0.2) is 8.78 Å². The number of para-hydroxylation sites is 1. The van der Waals surface area contributed by atoms with Gasteiger partial charge in [-0.15, -0.1) is 0 Å². The second kappa shape index (κ2) is 10.2. The van der Waals surface area contributed by atoms with Gasteiger partial charge in [0.25, 0.3) is 11.5 Å². The Hall–Kier alpha value is -4.74. The number of aromatic hydroxyl groups is 1. The van der Waals surface area contributed by atoms with Crippen LogP contribution >= 0.6 is 0 Å². The molecule has 1 amide bonds. The van der Waals surface area contributed by atoms with E-state index in [1.807, 2.05) is 0 Å². The molecule has 0 spiro atoms. The van der Waals surface area contributed by atoms with Crippen LogP contribution in [0.2, 0.25) is 0 Å². The second-order valence-electron chi connectivity index (χ2n) is 9.03. The first-order valence-electron chi connectivity index (χ1n) is 12.1. The largest absolute Gasteiger partial charge is 0.494 e. The van der Waals surface area contributed by atoms with E-state index in [9.17, 15) is 23.5 Å². The fraction of sp³-hybridized carbons (Fsp3) is 0.259. The predicted molar refractivity (Wildman–Crippen MR) is 136 cm³/mol. The van der Waals surface area contributed by atoms with Gasteiger partial charge in [-0.2, -0.15) is 10.1 Å². The Morgan fingerprint density at radius 3 is 2.28 bits per heavy atom. The third kappa shape index (κ3) is 4.47. The number of benzene rings is 2. The van der Waals surface area contributed by atoms with Gasteiger partial charge in [0.2, 0.25) is 5.88 Å². The highest BCUT2D eigenvalue weighted by atomic mass is 19.1. The van der Waals surface area contributed by atoms with Gasteiger partial charge in [0, 0.05) is 37.8 Å². The summed E-state index contributed by atoms with van der Waals surface area (Å²) in [6, 6.07) is 10.1. The van der Waals surface area contributed by atoms with Gasteiger partial charge >= 0.3 is 0 Å². The number of rotatable bonds is 6. The van der Waals surface area contributed by atoms with Crippen molar-refractivity contribution in [3.63, 3.8) is 0 Å². The lowest BCUT2D eigenvalue weighted by Crippen LogP contribution is -2.34. The number of nitrogens with zero attached hydrogens (tertiary/aromatic N) is 5. The summed E-state index contributed by atoms with van der Waals surface area (Å²) in [5.41, 5.74) is -1.26. The first kappa shape index (κ1) is 25.9. The van der Waals surface area contributed by atoms with Crippen LogP contribution in [0.4, 0.5) is 8.78 Å². The van der Waals surface area contributed by atoms with E-state index >= 15 is 0 Å². The molecule has 10 nitrogen and oxygen atoms in total. The van der Waals surface area contributed by atoms with E-state index in [-0.39, 0.29) is 53.8 Å². The zero-order valence-electron chi connectivity index (χ0n) is 21.4. The van der Waals surface area contributed by atoms with Crippen LogP contribution in [0.25, 0.3) is 17.2 Å². The summed E-state index contributed by atoms with van der Waals surface area (Å²) in [6.07, 6.45) is 1.91. The molecule has 202 valence electrons. The molecule has 0 aliphatic carbocycles. The zero-order valence-corrected chi connectivity index (χ0v) is 21.4. The Bertz CT molecular complexity index is 1590. The Morgan fingerprint density at radius 1 is 1.05 bits per heavy atom. The maximum absolute atomic E-state index is 14.4. The number of aromatic nitrogens is 4. The molecule has 1 aliphatic rings. The number of amides is 1. The van der Waals surface area contributed by atoms with E-state index in [2.05, 4.69) is 10.1 Å². The summed E-state index contributed by atoms with van der Waals surface area (Å²) in [6.45, 7) is 0.0751. The molecule has 1 atom stereocenters. The molecule has 1 saturated heterocycles. The summed E-state index contributed by atoms with van der Waals surface area (Å²) in [7, 11) is 4.52. The Morgan fingerprint density at radius 2 is 1.69 bits per heavy atom. The fourth-order valence-electron chi connectivity index (χ4n) is 4.91. The minimum absolute atomic E-state index is 0.0461. The smallest absolute Gasteiger partial charge is 0.290 e. The zero-order chi connectivity index (χ0) is 27.8. The molecule has 2 aromatic heterocycles. The summed E-state index contributed by atoms with van der Waals surface area (Å²) < 4.78 is 42.5. The lowest BCUT2D eigenvalue weighted by atomic mass is 9.97. The highest BCUT2D eigenvalue weighted by Gasteiger charge is 2.35. The average Bonchev–Trinajstić information content (AvgIpc) is 3.57. The molecule has 4 aromatic rings. The number of ether oxygens (including phenoxy) is 2. The lowest BCUT2D eigenvalue weighted by molar-refractivity contribution is 0.0784. The monoisotopic (exact) mass is 537 g/mol. The van der Waals surface area contributed by atoms with Gasteiger partial charge in [-0.1, -0.05) is 12.1 Å². The molecule has 1 fully saturated rings. The normalized spacial score (nSPS) is 15.0. The summed E-state index contributed by atoms with van der Waals surface area (Å²) in [5.74, 6) is -3.07. The molecule has 5 rings (SSSR count). The quantitative estimate of drug-likeness (QED) is 0.402. The number of hydrogen-bond donors (Lipinski definition) is 1. The minimum atomic E-state index is -0.983. The molecule has 0 radical (unpaired) electrons. The van der Waals surface area contributed by atoms with Crippen molar-refractivity contribution in [2.24, 2.45) is 7.05 Å². The van der Waals surface area contributed by atoms with Crippen molar-refractivity contribution < 1.29 is 28.2 Å². The number of aryl methyl sites for hydroxylation is 1. The fourth-order valence-corrected chi connectivity index (χ4v) is 4.91. The van der Waals surface area contributed by atoms with E-state index in [0.717, 1.165) is 12.1 Å². The molecule has 1 N–H and O–H groups in total. The maximum atomic E-state index is 14.4. The summed E-state index contributed by atoms with van der Waals surface area (Å²) in [4.78, 5) is 32.3. The van der Waals surface area contributed by atoms with E-state index < -0.39 is 40.5 Å². The standard InChI is InChI=1S/C27H25F2N5O5/c1-32-12-11-18(31-32)24-30-25(35)22(27(37)34(24)23-19(38-2)8-5-9-20(23)39-3)26(36)33-13-10-15(14-33)21-16(28)6-4-7-17(21)29/h4-9,11-12,15,37H,10,13-14H2,1-3H3. The van der Waals surface area contributed by atoms with E-state index in [4.69, 9.17) is 9.47 Å². The van der Waals surface area contributed by atoms with Crippen LogP contribution in [-0.2, 0) is 7.05 Å². The first-order valence-corrected chi connectivity index (χ1v) is 12.1. The SMILES string of the molecule is COc1cccc(OC)c1-n1c(-c2ccn(C)n2)nc(=O)c(C(=O)N2CCC(c3c(F)cccc3F)C2)c1O. The predicted octanol–water partition coefficient (Wildman–Crippen LogP) is 3.26. The Balaban J connectivity index is 1.65. The van der Waals surface area contributed by atoms with Crippen LogP contribution in [0.1, 0.15) is 28.3 Å². The molecule has 39 heavy (non-hydrogen) atoms. The number of carbonyl (C=O) groups excluding carboxylic acids is 1. The number of halogens is 2. The molecule has 2 aromatic carbocycles. The first-order chi connectivity index (χ1) is 18.7. The molecule has 0 bridgehead atoms. The van der Waals surface area contributed by atoms with Crippen LogP contribution in [0.5, 0.6) is 17.4 Å². The minimum Gasteiger partial charge on any atom is -0.494 e. The van der Waals surface area contributed by atoms with Gasteiger partial charge < -0.3 is 19.5 Å². The van der Waals surface area contributed by atoms with Crippen molar-refractivity contribution in [3.8, 4) is 34.6 Å². The number of hydrogen-bond acceptors (Lipinski definition) is 7. The van der Waals surface area contributed by atoms with Gasteiger partial charge in [0.05, 0.1) is 14.2 Å². The molecule has 3 heterocycles. The van der Waals surface area contributed by atoms with Crippen molar-refractivity contribution in [2.75, 3.05) is 27.3 Å². The van der Waals surface area contributed by atoms with Crippen molar-refractivity contribution in [1.82, 2.24) is 24.2 Å².